The van der Waals surface area contributed by atoms with Gasteiger partial charge in [-0.2, -0.15) is 0 Å². The molecule has 1 N–H and O–H groups in total. The van der Waals surface area contributed by atoms with E-state index in [-0.39, 0.29) is 5.91 Å². The van der Waals surface area contributed by atoms with Crippen molar-refractivity contribution in [3.8, 4) is 0 Å². The van der Waals surface area contributed by atoms with Gasteiger partial charge in [0.2, 0.25) is 11.9 Å². The first-order valence-electron chi connectivity index (χ1n) is 9.62. The Morgan fingerprint density at radius 2 is 1.86 bits per heavy atom. The Morgan fingerprint density at radius 3 is 2.61 bits per heavy atom. The van der Waals surface area contributed by atoms with E-state index in [0.29, 0.717) is 19.5 Å². The smallest absolute Gasteiger partial charge is 0.231 e. The molecule has 0 saturated carbocycles. The van der Waals surface area contributed by atoms with Crippen LogP contribution in [0.25, 0.3) is 0 Å². The first-order valence-corrected chi connectivity index (χ1v) is 9.62. The van der Waals surface area contributed by atoms with Crippen LogP contribution in [0.1, 0.15) is 5.56 Å². The number of aliphatic imine (C=N–C) groups is 1. The number of hydrogen-bond acceptors (Lipinski definition) is 5. The number of piperazine rings is 1. The van der Waals surface area contributed by atoms with Crippen molar-refractivity contribution in [3.05, 3.63) is 48.3 Å². The molecule has 0 bridgehead atoms. The van der Waals surface area contributed by atoms with Gasteiger partial charge < -0.3 is 20.0 Å². The number of nitrogens with zero attached hydrogens (tertiary/aromatic N) is 6. The lowest BCUT2D eigenvalue weighted by Gasteiger charge is -2.36. The van der Waals surface area contributed by atoms with Gasteiger partial charge in [0, 0.05) is 64.4 Å². The summed E-state index contributed by atoms with van der Waals surface area (Å²) in [4.78, 5) is 31.6. The number of carbonyl (C=O) groups is 1. The second kappa shape index (κ2) is 8.24. The molecule has 0 atom stereocenters. The van der Waals surface area contributed by atoms with Crippen molar-refractivity contribution in [3.63, 3.8) is 0 Å². The van der Waals surface area contributed by atoms with Gasteiger partial charge in [0.1, 0.15) is 0 Å². The average Bonchev–Trinajstić information content (AvgIpc) is 3.07. The molecule has 3 heterocycles. The van der Waals surface area contributed by atoms with E-state index in [4.69, 9.17) is 0 Å². The topological polar surface area (TPSA) is 77.0 Å². The van der Waals surface area contributed by atoms with Crippen LogP contribution in [0.2, 0.25) is 0 Å². The van der Waals surface area contributed by atoms with E-state index in [1.54, 1.807) is 19.4 Å². The summed E-state index contributed by atoms with van der Waals surface area (Å²) in [6.07, 6.45) is 4.04. The molecular formula is C20H25N7O. The molecule has 1 aromatic heterocycles. The molecule has 146 valence electrons. The molecule has 1 aromatic carbocycles. The lowest BCUT2D eigenvalue weighted by Crippen LogP contribution is -2.53. The molecule has 0 aliphatic carbocycles. The number of aromatic nitrogens is 2. The Kier molecular flexibility index (Phi) is 5.36. The molecule has 0 unspecified atom stereocenters. The predicted octanol–water partition coefficient (Wildman–Crippen LogP) is 0.763. The third kappa shape index (κ3) is 3.76. The zero-order valence-corrected chi connectivity index (χ0v) is 16.1. The summed E-state index contributed by atoms with van der Waals surface area (Å²) in [7, 11) is 1.80. The normalized spacial score (nSPS) is 17.1. The number of anilines is 2. The second-order valence-electron chi connectivity index (χ2n) is 6.85. The van der Waals surface area contributed by atoms with Gasteiger partial charge in [-0.1, -0.05) is 18.2 Å². The predicted molar refractivity (Wildman–Crippen MR) is 110 cm³/mol. The first kappa shape index (κ1) is 18.2. The Morgan fingerprint density at radius 1 is 1.11 bits per heavy atom. The second-order valence-corrected chi connectivity index (χ2v) is 6.85. The van der Waals surface area contributed by atoms with Crippen LogP contribution >= 0.6 is 0 Å². The Hall–Kier alpha value is -3.16. The largest absolute Gasteiger partial charge is 0.354 e. The summed E-state index contributed by atoms with van der Waals surface area (Å²) < 4.78 is 0. The molecule has 1 fully saturated rings. The molecule has 8 heteroatoms. The highest BCUT2D eigenvalue weighted by Gasteiger charge is 2.26. The van der Waals surface area contributed by atoms with E-state index in [9.17, 15) is 4.79 Å². The van der Waals surface area contributed by atoms with Crippen LogP contribution in [0, 0.1) is 0 Å². The van der Waals surface area contributed by atoms with Gasteiger partial charge in [-0.15, -0.1) is 0 Å². The lowest BCUT2D eigenvalue weighted by molar-refractivity contribution is -0.117. The summed E-state index contributed by atoms with van der Waals surface area (Å²) in [5, 5.41) is 3.40. The van der Waals surface area contributed by atoms with E-state index >= 15 is 0 Å². The maximum Gasteiger partial charge on any atom is 0.231 e. The van der Waals surface area contributed by atoms with Crippen molar-refractivity contribution in [1.29, 1.82) is 0 Å². The quantitative estimate of drug-likeness (QED) is 0.624. The summed E-state index contributed by atoms with van der Waals surface area (Å²) >= 11 is 0. The number of nitrogens with one attached hydrogen (secondary N) is 1. The number of amides is 1. The zero-order valence-electron chi connectivity index (χ0n) is 16.1. The number of rotatable bonds is 4. The van der Waals surface area contributed by atoms with Crippen molar-refractivity contribution in [1.82, 2.24) is 20.2 Å². The number of guanidine groups is 1. The SMILES string of the molecule is CN=C(NCCN1C(=O)Cc2ccccc21)N1CCN(c2ncccn2)CC1. The maximum atomic E-state index is 12.3. The highest BCUT2D eigenvalue weighted by atomic mass is 16.2. The molecule has 0 spiro atoms. The van der Waals surface area contributed by atoms with E-state index in [1.165, 1.54) is 0 Å². The van der Waals surface area contributed by atoms with E-state index in [2.05, 4.69) is 30.1 Å². The minimum absolute atomic E-state index is 0.162. The number of para-hydroxylation sites is 1. The van der Waals surface area contributed by atoms with Crippen LogP contribution in [0.4, 0.5) is 11.6 Å². The monoisotopic (exact) mass is 379 g/mol. The lowest BCUT2D eigenvalue weighted by atomic mass is 10.2. The molecule has 4 rings (SSSR count). The van der Waals surface area contributed by atoms with Crippen molar-refractivity contribution in [2.75, 3.05) is 56.1 Å². The number of benzene rings is 1. The highest BCUT2D eigenvalue weighted by Crippen LogP contribution is 2.27. The maximum absolute atomic E-state index is 12.3. The van der Waals surface area contributed by atoms with Gasteiger partial charge in [-0.3, -0.25) is 9.79 Å². The zero-order chi connectivity index (χ0) is 19.3. The molecule has 2 aliphatic rings. The fourth-order valence-electron chi connectivity index (χ4n) is 3.75. The van der Waals surface area contributed by atoms with Crippen LogP contribution in [0.3, 0.4) is 0 Å². The standard InChI is InChI=1S/C20H25N7O/c1-21-19(25-11-13-26(14-12-25)20-22-7-4-8-23-20)24-9-10-27-17-6-3-2-5-16(17)15-18(27)28/h2-8H,9-15H2,1H3,(H,21,24). The van der Waals surface area contributed by atoms with Gasteiger partial charge in [-0.05, 0) is 17.7 Å². The molecule has 2 aromatic rings. The van der Waals surface area contributed by atoms with Crippen molar-refractivity contribution in [2.24, 2.45) is 4.99 Å². The molecule has 2 aliphatic heterocycles. The molecule has 1 saturated heterocycles. The minimum atomic E-state index is 0.162. The third-order valence-corrected chi connectivity index (χ3v) is 5.17. The minimum Gasteiger partial charge on any atom is -0.354 e. The van der Waals surface area contributed by atoms with Gasteiger partial charge in [0.15, 0.2) is 5.96 Å². The Labute approximate surface area is 164 Å². The van der Waals surface area contributed by atoms with Gasteiger partial charge in [-0.25, -0.2) is 9.97 Å². The number of hydrogen-bond donors (Lipinski definition) is 1. The molecular weight excluding hydrogens is 354 g/mol. The summed E-state index contributed by atoms with van der Waals surface area (Å²) in [6, 6.07) is 9.83. The fraction of sp³-hybridized carbons (Fsp3) is 0.400. The number of fused-ring (bicyclic) bond motifs is 1. The van der Waals surface area contributed by atoms with Crippen molar-refractivity contribution >= 4 is 23.5 Å². The fourth-order valence-corrected chi connectivity index (χ4v) is 3.75. The van der Waals surface area contributed by atoms with Crippen molar-refractivity contribution in [2.45, 2.75) is 6.42 Å². The summed E-state index contributed by atoms with van der Waals surface area (Å²) in [6.45, 7) is 4.69. The van der Waals surface area contributed by atoms with E-state index in [1.807, 2.05) is 35.2 Å². The Balaban J connectivity index is 1.29. The van der Waals surface area contributed by atoms with Gasteiger partial charge in [0.25, 0.3) is 0 Å². The molecule has 8 nitrogen and oxygen atoms in total. The van der Waals surface area contributed by atoms with Gasteiger partial charge in [0.05, 0.1) is 6.42 Å². The van der Waals surface area contributed by atoms with Crippen LogP contribution in [0.5, 0.6) is 0 Å². The first-order chi connectivity index (χ1) is 13.8. The van der Waals surface area contributed by atoms with Gasteiger partial charge >= 0.3 is 0 Å². The number of carbonyl (C=O) groups excluding carboxylic acids is 1. The van der Waals surface area contributed by atoms with E-state index in [0.717, 1.165) is 49.3 Å². The Bertz CT molecular complexity index is 847. The highest BCUT2D eigenvalue weighted by molar-refractivity contribution is 6.01. The molecule has 1 amide bonds. The van der Waals surface area contributed by atoms with E-state index < -0.39 is 0 Å². The average molecular weight is 379 g/mol. The van der Waals surface area contributed by atoms with Crippen LogP contribution in [-0.2, 0) is 11.2 Å². The van der Waals surface area contributed by atoms with Crippen LogP contribution in [-0.4, -0.2) is 73.1 Å². The molecule has 0 radical (unpaired) electrons. The van der Waals surface area contributed by atoms with Crippen molar-refractivity contribution < 1.29 is 4.79 Å². The summed E-state index contributed by atoms with van der Waals surface area (Å²) in [5.41, 5.74) is 2.14. The summed E-state index contributed by atoms with van der Waals surface area (Å²) in [5.74, 6) is 1.80. The van der Waals surface area contributed by atoms with Crippen LogP contribution < -0.4 is 15.1 Å². The third-order valence-electron chi connectivity index (χ3n) is 5.17. The van der Waals surface area contributed by atoms with Crippen LogP contribution in [0.15, 0.2) is 47.7 Å². The molecule has 28 heavy (non-hydrogen) atoms.